The van der Waals surface area contributed by atoms with Crippen LogP contribution in [0.1, 0.15) is 39.0 Å². The Labute approximate surface area is 101 Å². The Bertz CT molecular complexity index is 335. The highest BCUT2D eigenvalue weighted by molar-refractivity contribution is 5.70. The van der Waals surface area contributed by atoms with Gasteiger partial charge in [-0.25, -0.2) is 9.79 Å². The van der Waals surface area contributed by atoms with E-state index < -0.39 is 0 Å². The van der Waals surface area contributed by atoms with Crippen LogP contribution < -0.4 is 0 Å². The van der Waals surface area contributed by atoms with E-state index in [4.69, 9.17) is 4.74 Å². The second kappa shape index (κ2) is 5.01. The maximum Gasteiger partial charge on any atom is 0.306 e. The summed E-state index contributed by atoms with van der Waals surface area (Å²) in [6.45, 7) is 2.66. The molecule has 0 N–H and O–H groups in total. The smallest absolute Gasteiger partial charge is 0.306 e. The van der Waals surface area contributed by atoms with Crippen LogP contribution >= 0.6 is 0 Å². The average Bonchev–Trinajstić information content (AvgIpc) is 2.52. The Morgan fingerprint density at radius 2 is 2.06 bits per heavy atom. The van der Waals surface area contributed by atoms with Crippen LogP contribution in [0.15, 0.2) is 4.99 Å². The largest absolute Gasteiger partial charge is 0.466 e. The first-order valence-corrected chi connectivity index (χ1v) is 6.38. The van der Waals surface area contributed by atoms with Crippen LogP contribution in [0.4, 0.5) is 0 Å². The summed E-state index contributed by atoms with van der Waals surface area (Å²) in [5.74, 6) is 1.33. The fourth-order valence-electron chi connectivity index (χ4n) is 3.42. The summed E-state index contributed by atoms with van der Waals surface area (Å²) in [7, 11) is 0. The minimum absolute atomic E-state index is 0.129. The van der Waals surface area contributed by atoms with E-state index in [1.165, 1.54) is 12.8 Å². The summed E-state index contributed by atoms with van der Waals surface area (Å²) in [6, 6.07) is 0. The van der Waals surface area contributed by atoms with E-state index in [2.05, 4.69) is 4.99 Å². The van der Waals surface area contributed by atoms with E-state index in [1.807, 2.05) is 6.92 Å². The third-order valence-corrected chi connectivity index (χ3v) is 4.27. The van der Waals surface area contributed by atoms with E-state index in [0.29, 0.717) is 19.6 Å². The summed E-state index contributed by atoms with van der Waals surface area (Å²) in [5, 5.41) is 0. The third-order valence-electron chi connectivity index (χ3n) is 4.27. The van der Waals surface area contributed by atoms with Crippen LogP contribution in [0.25, 0.3) is 0 Å². The molecular formula is C13H19NO3. The molecular weight excluding hydrogens is 218 g/mol. The van der Waals surface area contributed by atoms with E-state index in [9.17, 15) is 9.59 Å². The number of isocyanates is 1. The molecule has 4 heteroatoms. The van der Waals surface area contributed by atoms with E-state index in [1.54, 1.807) is 6.08 Å². The SMILES string of the molecule is CCOC(=O)CC1(CN=C=O)C[C@H]2CC[C@H]2C1. The number of carbonyl (C=O) groups is 1. The number of ether oxygens (including phenoxy) is 1. The van der Waals surface area contributed by atoms with Crippen molar-refractivity contribution in [1.29, 1.82) is 0 Å². The first kappa shape index (κ1) is 12.3. The zero-order valence-electron chi connectivity index (χ0n) is 10.3. The molecule has 0 aliphatic heterocycles. The molecule has 2 saturated carbocycles. The normalized spacial score (nSPS) is 34.4. The number of aliphatic imine (C=N–C) groups is 1. The van der Waals surface area contributed by atoms with Gasteiger partial charge in [0, 0.05) is 5.41 Å². The molecule has 2 rings (SSSR count). The van der Waals surface area contributed by atoms with Crippen LogP contribution in [0.5, 0.6) is 0 Å². The van der Waals surface area contributed by atoms with Crippen LogP contribution in [-0.2, 0) is 14.3 Å². The number of carbonyl (C=O) groups excluding carboxylic acids is 2. The van der Waals surface area contributed by atoms with Gasteiger partial charge in [-0.15, -0.1) is 0 Å². The molecule has 17 heavy (non-hydrogen) atoms. The lowest BCUT2D eigenvalue weighted by Crippen LogP contribution is -2.26. The molecule has 2 fully saturated rings. The first-order valence-electron chi connectivity index (χ1n) is 6.38. The Balaban J connectivity index is 2.02. The molecule has 0 spiro atoms. The number of nitrogens with zero attached hydrogens (tertiary/aromatic N) is 1. The molecule has 0 amide bonds. The number of fused-ring (bicyclic) bond motifs is 1. The topological polar surface area (TPSA) is 55.7 Å². The average molecular weight is 237 g/mol. The van der Waals surface area contributed by atoms with Crippen molar-refractivity contribution in [2.45, 2.75) is 39.0 Å². The molecule has 0 radical (unpaired) electrons. The molecule has 0 heterocycles. The predicted octanol–water partition coefficient (Wildman–Crippen LogP) is 2.08. The zero-order chi connectivity index (χ0) is 12.3. The van der Waals surface area contributed by atoms with Gasteiger partial charge < -0.3 is 4.74 Å². The van der Waals surface area contributed by atoms with Gasteiger partial charge in [-0.05, 0) is 44.4 Å². The fraction of sp³-hybridized carbons (Fsp3) is 0.846. The second-order valence-corrected chi connectivity index (χ2v) is 5.40. The highest BCUT2D eigenvalue weighted by Gasteiger charge is 2.50. The highest BCUT2D eigenvalue weighted by Crippen LogP contribution is 2.56. The Morgan fingerprint density at radius 3 is 2.53 bits per heavy atom. The summed E-state index contributed by atoms with van der Waals surface area (Å²) in [6.07, 6.45) is 6.56. The van der Waals surface area contributed by atoms with Gasteiger partial charge in [-0.1, -0.05) is 0 Å². The van der Waals surface area contributed by atoms with Gasteiger partial charge in [0.25, 0.3) is 0 Å². The molecule has 3 atom stereocenters. The summed E-state index contributed by atoms with van der Waals surface area (Å²) < 4.78 is 5.02. The van der Waals surface area contributed by atoms with Gasteiger partial charge >= 0.3 is 5.97 Å². The summed E-state index contributed by atoms with van der Waals surface area (Å²) >= 11 is 0. The molecule has 2 aliphatic rings. The van der Waals surface area contributed by atoms with Crippen molar-refractivity contribution in [3.63, 3.8) is 0 Å². The summed E-state index contributed by atoms with van der Waals surface area (Å²) in [5.41, 5.74) is -0.129. The lowest BCUT2D eigenvalue weighted by molar-refractivity contribution is -0.145. The van der Waals surface area contributed by atoms with E-state index in [0.717, 1.165) is 24.7 Å². The van der Waals surface area contributed by atoms with Crippen molar-refractivity contribution in [2.24, 2.45) is 22.2 Å². The molecule has 0 saturated heterocycles. The van der Waals surface area contributed by atoms with E-state index in [-0.39, 0.29) is 11.4 Å². The molecule has 0 aromatic heterocycles. The van der Waals surface area contributed by atoms with Crippen molar-refractivity contribution in [2.75, 3.05) is 13.2 Å². The first-order chi connectivity index (χ1) is 8.19. The molecule has 2 aliphatic carbocycles. The number of hydrogen-bond donors (Lipinski definition) is 0. The molecule has 0 aromatic carbocycles. The number of esters is 1. The highest BCUT2D eigenvalue weighted by atomic mass is 16.5. The van der Waals surface area contributed by atoms with Crippen molar-refractivity contribution >= 4 is 12.0 Å². The van der Waals surface area contributed by atoms with Crippen LogP contribution in [0, 0.1) is 17.3 Å². The van der Waals surface area contributed by atoms with Gasteiger partial charge in [0.05, 0.1) is 19.6 Å². The quantitative estimate of drug-likeness (QED) is 0.418. The maximum absolute atomic E-state index is 11.6. The number of hydrogen-bond acceptors (Lipinski definition) is 4. The lowest BCUT2D eigenvalue weighted by Gasteiger charge is -2.29. The molecule has 4 nitrogen and oxygen atoms in total. The Kier molecular flexibility index (Phi) is 3.63. The van der Waals surface area contributed by atoms with Crippen LogP contribution in [0.3, 0.4) is 0 Å². The monoisotopic (exact) mass is 237 g/mol. The molecule has 0 bridgehead atoms. The van der Waals surface area contributed by atoms with Gasteiger partial charge in [-0.3, -0.25) is 4.79 Å². The Hall–Kier alpha value is -1.15. The summed E-state index contributed by atoms with van der Waals surface area (Å²) in [4.78, 5) is 25.6. The maximum atomic E-state index is 11.6. The van der Waals surface area contributed by atoms with Crippen molar-refractivity contribution in [3.8, 4) is 0 Å². The fourth-order valence-corrected chi connectivity index (χ4v) is 3.42. The van der Waals surface area contributed by atoms with Gasteiger partial charge in [0.15, 0.2) is 0 Å². The number of rotatable bonds is 5. The molecule has 94 valence electrons. The van der Waals surface area contributed by atoms with E-state index >= 15 is 0 Å². The van der Waals surface area contributed by atoms with Crippen molar-refractivity contribution < 1.29 is 14.3 Å². The van der Waals surface area contributed by atoms with Gasteiger partial charge in [0.2, 0.25) is 6.08 Å². The van der Waals surface area contributed by atoms with Gasteiger partial charge in [-0.2, -0.15) is 0 Å². The minimum Gasteiger partial charge on any atom is -0.466 e. The molecule has 0 aromatic rings. The van der Waals surface area contributed by atoms with Crippen molar-refractivity contribution in [3.05, 3.63) is 0 Å². The standard InChI is InChI=1S/C13H19NO3/c1-2-17-12(16)7-13(8-14-9-15)5-10-3-4-11(10)6-13/h10-11H,2-8H2,1H3/t10-,11+,13?. The second-order valence-electron chi connectivity index (χ2n) is 5.40. The zero-order valence-corrected chi connectivity index (χ0v) is 10.3. The van der Waals surface area contributed by atoms with Crippen LogP contribution in [0.2, 0.25) is 0 Å². The molecule has 1 unspecified atom stereocenters. The minimum atomic E-state index is -0.158. The van der Waals surface area contributed by atoms with Gasteiger partial charge in [0.1, 0.15) is 0 Å². The lowest BCUT2D eigenvalue weighted by atomic mass is 9.77. The third kappa shape index (κ3) is 2.58. The van der Waals surface area contributed by atoms with Crippen LogP contribution in [-0.4, -0.2) is 25.2 Å². The Morgan fingerprint density at radius 1 is 1.41 bits per heavy atom. The predicted molar refractivity (Wildman–Crippen MR) is 62.1 cm³/mol. The van der Waals surface area contributed by atoms with Crippen molar-refractivity contribution in [1.82, 2.24) is 0 Å².